The Balaban J connectivity index is 4.65. The molecule has 0 unspecified atom stereocenters. The molecule has 0 bridgehead atoms. The smallest absolute Gasteiger partial charge is 0.374 e. The molecule has 182 valence electrons. The maximum absolute atomic E-state index is 6.03. The Kier molecular flexibility index (Phi) is 19.6. The lowest BCUT2D eigenvalue weighted by atomic mass is 10.2. The minimum atomic E-state index is -2.53. The summed E-state index contributed by atoms with van der Waals surface area (Å²) in [6, 6.07) is 0.907. The van der Waals surface area contributed by atoms with Gasteiger partial charge in [-0.25, -0.2) is 0 Å². The zero-order valence-corrected chi connectivity index (χ0v) is 22.4. The molecule has 7 heteroatoms. The molecule has 6 nitrogen and oxygen atoms in total. The minimum absolute atomic E-state index is 0.656. The predicted octanol–water partition coefficient (Wildman–Crippen LogP) is 4.19. The number of hydrogen-bond donors (Lipinski definition) is 0. The zero-order valence-electron chi connectivity index (χ0n) is 21.4. The molecule has 0 rings (SSSR count). The summed E-state index contributed by atoms with van der Waals surface area (Å²) in [6.45, 7) is 20.7. The standard InChI is InChI=1S/C23H53N3O3Si/c1-8-16-24(6)18-13-20-26(21-14-19-25(7)17-9-2)22-15-23-30(27-10-3,28-11-4)29-12-5/h8-23H2,1-7H3. The van der Waals surface area contributed by atoms with Crippen molar-refractivity contribution in [3.8, 4) is 0 Å². The summed E-state index contributed by atoms with van der Waals surface area (Å²) in [7, 11) is 1.95. The van der Waals surface area contributed by atoms with E-state index in [1.807, 2.05) is 20.8 Å². The second-order valence-electron chi connectivity index (χ2n) is 8.24. The first-order valence-electron chi connectivity index (χ1n) is 12.5. The Morgan fingerprint density at radius 3 is 1.30 bits per heavy atom. The molecule has 0 aliphatic heterocycles. The fourth-order valence-corrected chi connectivity index (χ4v) is 6.56. The molecular weight excluding hydrogens is 394 g/mol. The van der Waals surface area contributed by atoms with Crippen LogP contribution >= 0.6 is 0 Å². The molecule has 0 aromatic heterocycles. The lowest BCUT2D eigenvalue weighted by Crippen LogP contribution is -2.46. The van der Waals surface area contributed by atoms with Crippen molar-refractivity contribution >= 4 is 8.80 Å². The van der Waals surface area contributed by atoms with E-state index in [0.717, 1.165) is 32.1 Å². The first-order chi connectivity index (χ1) is 14.5. The van der Waals surface area contributed by atoms with Gasteiger partial charge in [0.2, 0.25) is 0 Å². The minimum Gasteiger partial charge on any atom is -0.374 e. The Bertz CT molecular complexity index is 343. The van der Waals surface area contributed by atoms with Crippen LogP contribution in [-0.2, 0) is 13.3 Å². The van der Waals surface area contributed by atoms with Gasteiger partial charge in [-0.3, -0.25) is 0 Å². The van der Waals surface area contributed by atoms with Crippen molar-refractivity contribution in [3.63, 3.8) is 0 Å². The van der Waals surface area contributed by atoms with Gasteiger partial charge in [0.1, 0.15) is 0 Å². The zero-order chi connectivity index (χ0) is 22.7. The van der Waals surface area contributed by atoms with E-state index in [4.69, 9.17) is 13.3 Å². The maximum Gasteiger partial charge on any atom is 0.500 e. The summed E-state index contributed by atoms with van der Waals surface area (Å²) in [6.07, 6.45) is 5.98. The number of hydrogen-bond acceptors (Lipinski definition) is 6. The van der Waals surface area contributed by atoms with Gasteiger partial charge in [0, 0.05) is 25.9 Å². The molecule has 0 amide bonds. The van der Waals surface area contributed by atoms with Gasteiger partial charge >= 0.3 is 8.80 Å². The summed E-state index contributed by atoms with van der Waals surface area (Å²) < 4.78 is 18.1. The van der Waals surface area contributed by atoms with Crippen molar-refractivity contribution < 1.29 is 13.3 Å². The van der Waals surface area contributed by atoms with E-state index in [9.17, 15) is 0 Å². The second kappa shape index (κ2) is 19.6. The van der Waals surface area contributed by atoms with Gasteiger partial charge in [-0.2, -0.15) is 0 Å². The third kappa shape index (κ3) is 14.9. The molecule has 0 atom stereocenters. The van der Waals surface area contributed by atoms with Crippen molar-refractivity contribution in [1.82, 2.24) is 14.7 Å². The third-order valence-corrected chi connectivity index (χ3v) is 8.44. The Morgan fingerprint density at radius 2 is 0.933 bits per heavy atom. The van der Waals surface area contributed by atoms with Gasteiger partial charge < -0.3 is 28.0 Å². The van der Waals surface area contributed by atoms with Crippen LogP contribution in [-0.4, -0.2) is 103 Å². The highest BCUT2D eigenvalue weighted by Crippen LogP contribution is 2.18. The Morgan fingerprint density at radius 1 is 0.533 bits per heavy atom. The molecule has 0 fully saturated rings. The van der Waals surface area contributed by atoms with E-state index >= 15 is 0 Å². The van der Waals surface area contributed by atoms with Crippen LogP contribution in [0.25, 0.3) is 0 Å². The summed E-state index contributed by atoms with van der Waals surface area (Å²) in [5.74, 6) is 0. The molecule has 30 heavy (non-hydrogen) atoms. The average Bonchev–Trinajstić information content (AvgIpc) is 2.68. The van der Waals surface area contributed by atoms with Crippen LogP contribution in [0.4, 0.5) is 0 Å². The fraction of sp³-hybridized carbons (Fsp3) is 1.00. The highest BCUT2D eigenvalue weighted by atomic mass is 28.4. The SMILES string of the molecule is CCCN(C)CCCN(CCCN(C)CCC)CCC[Si](OCC)(OCC)OCC. The van der Waals surface area contributed by atoms with E-state index in [-0.39, 0.29) is 0 Å². The lowest BCUT2D eigenvalue weighted by molar-refractivity contribution is 0.0698. The lowest BCUT2D eigenvalue weighted by Gasteiger charge is -2.30. The number of nitrogens with zero attached hydrogens (tertiary/aromatic N) is 3. The molecule has 0 saturated carbocycles. The molecular formula is C23H53N3O3Si. The van der Waals surface area contributed by atoms with E-state index < -0.39 is 8.80 Å². The quantitative estimate of drug-likeness (QED) is 0.232. The van der Waals surface area contributed by atoms with Gasteiger partial charge in [-0.05, 0) is 113 Å². The molecule has 0 aliphatic carbocycles. The van der Waals surface area contributed by atoms with Crippen LogP contribution in [0.15, 0.2) is 0 Å². The first-order valence-corrected chi connectivity index (χ1v) is 14.4. The topological polar surface area (TPSA) is 37.4 Å². The number of rotatable bonds is 22. The van der Waals surface area contributed by atoms with Crippen molar-refractivity contribution in [2.75, 3.05) is 79.7 Å². The van der Waals surface area contributed by atoms with Crippen LogP contribution in [0.1, 0.15) is 66.7 Å². The molecule has 0 aromatic carbocycles. The second-order valence-corrected chi connectivity index (χ2v) is 11.0. The Hall–Kier alpha value is -0.0231. The fourth-order valence-electron chi connectivity index (χ4n) is 3.97. The van der Waals surface area contributed by atoms with Gasteiger partial charge in [0.15, 0.2) is 0 Å². The van der Waals surface area contributed by atoms with Crippen molar-refractivity contribution in [2.45, 2.75) is 72.8 Å². The van der Waals surface area contributed by atoms with Gasteiger partial charge in [-0.1, -0.05) is 13.8 Å². The van der Waals surface area contributed by atoms with Crippen molar-refractivity contribution in [3.05, 3.63) is 0 Å². The summed E-state index contributed by atoms with van der Waals surface area (Å²) >= 11 is 0. The summed E-state index contributed by atoms with van der Waals surface area (Å²) in [4.78, 5) is 7.54. The first kappa shape index (κ1) is 30.0. The van der Waals surface area contributed by atoms with Gasteiger partial charge in [0.25, 0.3) is 0 Å². The third-order valence-electron chi connectivity index (χ3n) is 5.29. The molecule has 0 aliphatic rings. The normalized spacial score (nSPS) is 12.6. The van der Waals surface area contributed by atoms with E-state index in [1.165, 1.54) is 51.9 Å². The van der Waals surface area contributed by atoms with E-state index in [1.54, 1.807) is 0 Å². The summed E-state index contributed by atoms with van der Waals surface area (Å²) in [5.41, 5.74) is 0. The van der Waals surface area contributed by atoms with Gasteiger partial charge in [-0.15, -0.1) is 0 Å². The van der Waals surface area contributed by atoms with E-state index in [2.05, 4.69) is 42.6 Å². The summed E-state index contributed by atoms with van der Waals surface area (Å²) in [5, 5.41) is 0. The van der Waals surface area contributed by atoms with Crippen LogP contribution < -0.4 is 0 Å². The molecule has 0 heterocycles. The Labute approximate surface area is 189 Å². The highest BCUT2D eigenvalue weighted by molar-refractivity contribution is 6.60. The maximum atomic E-state index is 6.03. The van der Waals surface area contributed by atoms with Crippen LogP contribution in [0.2, 0.25) is 6.04 Å². The predicted molar refractivity (Wildman–Crippen MR) is 131 cm³/mol. The van der Waals surface area contributed by atoms with Crippen LogP contribution in [0.3, 0.4) is 0 Å². The van der Waals surface area contributed by atoms with E-state index in [0.29, 0.717) is 19.8 Å². The highest BCUT2D eigenvalue weighted by Gasteiger charge is 2.39. The molecule has 0 saturated heterocycles. The van der Waals surface area contributed by atoms with Crippen molar-refractivity contribution in [2.24, 2.45) is 0 Å². The molecule has 0 N–H and O–H groups in total. The van der Waals surface area contributed by atoms with Gasteiger partial charge in [0.05, 0.1) is 0 Å². The van der Waals surface area contributed by atoms with Crippen LogP contribution in [0, 0.1) is 0 Å². The van der Waals surface area contributed by atoms with Crippen LogP contribution in [0.5, 0.6) is 0 Å². The van der Waals surface area contributed by atoms with Crippen molar-refractivity contribution in [1.29, 1.82) is 0 Å². The largest absolute Gasteiger partial charge is 0.500 e. The molecule has 0 aromatic rings. The average molecular weight is 448 g/mol. The molecule has 0 radical (unpaired) electrons. The molecule has 0 spiro atoms. The monoisotopic (exact) mass is 447 g/mol.